The van der Waals surface area contributed by atoms with Gasteiger partial charge in [0.2, 0.25) is 0 Å². The number of carbonyl (C=O) groups is 1. The van der Waals surface area contributed by atoms with Crippen molar-refractivity contribution in [3.05, 3.63) is 60.3 Å². The van der Waals surface area contributed by atoms with Crippen LogP contribution in [0.3, 0.4) is 0 Å². The van der Waals surface area contributed by atoms with Crippen molar-refractivity contribution in [3.63, 3.8) is 0 Å². The topological polar surface area (TPSA) is 56.5 Å². The smallest absolute Gasteiger partial charge is 0.168 e. The minimum absolute atomic E-state index is 0.365. The summed E-state index contributed by atoms with van der Waals surface area (Å²) in [5.41, 5.74) is 2.11. The Balaban J connectivity index is 1.72. The first kappa shape index (κ1) is 11.4. The molecule has 0 amide bonds. The van der Waals surface area contributed by atoms with E-state index >= 15 is 0 Å². The summed E-state index contributed by atoms with van der Waals surface area (Å²) >= 11 is 0. The summed E-state index contributed by atoms with van der Waals surface area (Å²) in [5, 5.41) is 0. The van der Waals surface area contributed by atoms with E-state index in [9.17, 15) is 4.79 Å². The number of ether oxygens (including phenoxy) is 1. The lowest BCUT2D eigenvalue weighted by atomic mass is 10.4. The second-order valence-corrected chi connectivity index (χ2v) is 4.02. The van der Waals surface area contributed by atoms with Crippen molar-refractivity contribution in [2.24, 2.45) is 0 Å². The van der Waals surface area contributed by atoms with Crippen LogP contribution in [0.15, 0.2) is 48.9 Å². The van der Waals surface area contributed by atoms with Crippen molar-refractivity contribution in [3.8, 4) is 5.75 Å². The fourth-order valence-corrected chi connectivity index (χ4v) is 1.76. The Morgan fingerprint density at radius 3 is 2.95 bits per heavy atom. The van der Waals surface area contributed by atoms with Crippen molar-refractivity contribution in [2.45, 2.75) is 6.61 Å². The maximum atomic E-state index is 10.5. The number of imidazole rings is 1. The second-order valence-electron chi connectivity index (χ2n) is 4.02. The molecular weight excluding hydrogens is 242 g/mol. The van der Waals surface area contributed by atoms with Gasteiger partial charge in [-0.2, -0.15) is 0 Å². The van der Waals surface area contributed by atoms with Gasteiger partial charge in [-0.25, -0.2) is 9.97 Å². The molecule has 0 atom stereocenters. The largest absolute Gasteiger partial charge is 0.486 e. The lowest BCUT2D eigenvalue weighted by Gasteiger charge is -2.02. The first-order valence-corrected chi connectivity index (χ1v) is 5.82. The van der Waals surface area contributed by atoms with Crippen LogP contribution in [0.25, 0.3) is 5.65 Å². The van der Waals surface area contributed by atoms with Gasteiger partial charge in [0.25, 0.3) is 0 Å². The predicted octanol–water partition coefficient (Wildman–Crippen LogP) is 2.12. The van der Waals surface area contributed by atoms with Crippen molar-refractivity contribution >= 4 is 11.9 Å². The zero-order valence-electron chi connectivity index (χ0n) is 10.1. The number of rotatable bonds is 4. The predicted molar refractivity (Wildman–Crippen MR) is 69.1 cm³/mol. The summed E-state index contributed by atoms with van der Waals surface area (Å²) in [6, 6.07) is 9.15. The van der Waals surface area contributed by atoms with Gasteiger partial charge >= 0.3 is 0 Å². The number of aldehydes is 1. The Bertz CT molecular complexity index is 671. The van der Waals surface area contributed by atoms with Gasteiger partial charge in [-0.3, -0.25) is 4.79 Å². The summed E-state index contributed by atoms with van der Waals surface area (Å²) in [6.07, 6.45) is 6.08. The normalized spacial score (nSPS) is 10.5. The summed E-state index contributed by atoms with van der Waals surface area (Å²) in [4.78, 5) is 18.8. The Morgan fingerprint density at radius 1 is 1.26 bits per heavy atom. The van der Waals surface area contributed by atoms with Crippen LogP contribution in [0.1, 0.15) is 16.2 Å². The van der Waals surface area contributed by atoms with Crippen LogP contribution in [0.5, 0.6) is 5.75 Å². The third kappa shape index (κ3) is 2.44. The SMILES string of the molecule is O=Cc1ccc(OCc2cn3ccccc3n2)cn1. The number of fused-ring (bicyclic) bond motifs is 1. The maximum Gasteiger partial charge on any atom is 0.168 e. The zero-order chi connectivity index (χ0) is 13.1. The molecule has 0 aliphatic rings. The van der Waals surface area contributed by atoms with Gasteiger partial charge in [0.05, 0.1) is 11.9 Å². The quantitative estimate of drug-likeness (QED) is 0.668. The first-order chi connectivity index (χ1) is 9.35. The Kier molecular flexibility index (Phi) is 2.94. The van der Waals surface area contributed by atoms with Gasteiger partial charge in [0.1, 0.15) is 23.7 Å². The molecule has 0 radical (unpaired) electrons. The molecule has 0 aromatic carbocycles. The van der Waals surface area contributed by atoms with Crippen molar-refractivity contribution < 1.29 is 9.53 Å². The minimum atomic E-state index is 0.365. The van der Waals surface area contributed by atoms with E-state index in [0.29, 0.717) is 24.3 Å². The molecule has 5 heteroatoms. The van der Waals surface area contributed by atoms with Crippen LogP contribution >= 0.6 is 0 Å². The van der Waals surface area contributed by atoms with E-state index in [-0.39, 0.29) is 0 Å². The monoisotopic (exact) mass is 253 g/mol. The summed E-state index contributed by atoms with van der Waals surface area (Å²) < 4.78 is 7.50. The average Bonchev–Trinajstić information content (AvgIpc) is 2.88. The molecular formula is C14H11N3O2. The van der Waals surface area contributed by atoms with Gasteiger partial charge in [-0.05, 0) is 24.3 Å². The number of hydrogen-bond donors (Lipinski definition) is 0. The molecule has 0 fully saturated rings. The molecule has 0 spiro atoms. The van der Waals surface area contributed by atoms with Crippen molar-refractivity contribution in [1.29, 1.82) is 0 Å². The van der Waals surface area contributed by atoms with Crippen molar-refractivity contribution in [1.82, 2.24) is 14.4 Å². The summed E-state index contributed by atoms with van der Waals surface area (Å²) in [5.74, 6) is 0.614. The van der Waals surface area contributed by atoms with E-state index < -0.39 is 0 Å². The number of nitrogens with zero attached hydrogens (tertiary/aromatic N) is 3. The molecule has 0 N–H and O–H groups in total. The molecule has 0 aliphatic heterocycles. The van der Waals surface area contributed by atoms with E-state index in [1.165, 1.54) is 6.20 Å². The van der Waals surface area contributed by atoms with Crippen LogP contribution in [-0.4, -0.2) is 20.7 Å². The minimum Gasteiger partial charge on any atom is -0.486 e. The van der Waals surface area contributed by atoms with Crippen LogP contribution in [0, 0.1) is 0 Å². The molecule has 5 nitrogen and oxygen atoms in total. The molecule has 19 heavy (non-hydrogen) atoms. The Labute approximate surface area is 109 Å². The highest BCUT2D eigenvalue weighted by Crippen LogP contribution is 2.11. The van der Waals surface area contributed by atoms with Gasteiger partial charge in [-0.1, -0.05) is 6.07 Å². The number of hydrogen-bond acceptors (Lipinski definition) is 4. The van der Waals surface area contributed by atoms with E-state index in [0.717, 1.165) is 11.3 Å². The third-order valence-electron chi connectivity index (χ3n) is 2.68. The highest BCUT2D eigenvalue weighted by atomic mass is 16.5. The maximum absolute atomic E-state index is 10.5. The molecule has 94 valence electrons. The van der Waals surface area contributed by atoms with Crippen LogP contribution in [0.2, 0.25) is 0 Å². The van der Waals surface area contributed by atoms with Gasteiger partial charge in [0.15, 0.2) is 6.29 Å². The molecule has 0 saturated heterocycles. The Hall–Kier alpha value is -2.69. The zero-order valence-corrected chi connectivity index (χ0v) is 10.1. The van der Waals surface area contributed by atoms with Crippen molar-refractivity contribution in [2.75, 3.05) is 0 Å². The van der Waals surface area contributed by atoms with Crippen LogP contribution in [0.4, 0.5) is 0 Å². The molecule has 0 bridgehead atoms. The van der Waals surface area contributed by atoms with Gasteiger partial charge in [0, 0.05) is 12.4 Å². The van der Waals surface area contributed by atoms with E-state index in [2.05, 4.69) is 9.97 Å². The number of aromatic nitrogens is 3. The third-order valence-corrected chi connectivity index (χ3v) is 2.68. The lowest BCUT2D eigenvalue weighted by molar-refractivity contribution is 0.111. The molecule has 0 aliphatic carbocycles. The van der Waals surface area contributed by atoms with Crippen LogP contribution in [-0.2, 0) is 6.61 Å². The Morgan fingerprint density at radius 2 is 2.21 bits per heavy atom. The fraction of sp³-hybridized carbons (Fsp3) is 0.0714. The van der Waals surface area contributed by atoms with Gasteiger partial charge in [-0.15, -0.1) is 0 Å². The standard InChI is InChI=1S/C14H11N3O2/c18-9-11-4-5-13(7-15-11)19-10-12-8-17-6-2-1-3-14(17)16-12/h1-9H,10H2. The fourth-order valence-electron chi connectivity index (χ4n) is 1.76. The van der Waals surface area contributed by atoms with Crippen LogP contribution < -0.4 is 4.74 Å². The highest BCUT2D eigenvalue weighted by molar-refractivity contribution is 5.71. The molecule has 3 aromatic heterocycles. The number of carbonyl (C=O) groups excluding carboxylic acids is 1. The first-order valence-electron chi connectivity index (χ1n) is 5.82. The van der Waals surface area contributed by atoms with Gasteiger partial charge < -0.3 is 9.14 Å². The molecule has 3 rings (SSSR count). The summed E-state index contributed by atoms with van der Waals surface area (Å²) in [7, 11) is 0. The molecule has 3 aromatic rings. The lowest BCUT2D eigenvalue weighted by Crippen LogP contribution is -1.96. The molecule has 3 heterocycles. The molecule has 0 saturated carbocycles. The van der Waals surface area contributed by atoms with E-state index in [1.807, 2.05) is 35.0 Å². The van der Waals surface area contributed by atoms with E-state index in [4.69, 9.17) is 4.74 Å². The van der Waals surface area contributed by atoms with E-state index in [1.54, 1.807) is 12.1 Å². The average molecular weight is 253 g/mol. The summed E-state index contributed by atoms with van der Waals surface area (Å²) in [6.45, 7) is 0.365. The number of pyridine rings is 2. The second kappa shape index (κ2) is 4.89. The molecule has 0 unspecified atom stereocenters. The highest BCUT2D eigenvalue weighted by Gasteiger charge is 2.02.